The van der Waals surface area contributed by atoms with Crippen LogP contribution in [0, 0.1) is 10.1 Å². The molecule has 0 saturated carbocycles. The van der Waals surface area contributed by atoms with Crippen LogP contribution in [0.1, 0.15) is 29.1 Å². The third-order valence-corrected chi connectivity index (χ3v) is 5.19. The number of nitro benzene ring substituents is 1. The standard InChI is InChI=1S/C16H12N2O6S/c19-16(15-10-14(17-24-15)11-4-2-1-3-5-11)25(22,23)13-8-6-12(7-9-13)18(20)21/h2,4-10H,1,3H2. The maximum Gasteiger partial charge on any atom is 0.319 e. The monoisotopic (exact) mass is 360 g/mol. The van der Waals surface area contributed by atoms with Crippen molar-refractivity contribution in [1.29, 1.82) is 0 Å². The maximum absolute atomic E-state index is 12.4. The molecule has 0 amide bonds. The molecule has 0 spiro atoms. The number of rotatable bonds is 4. The van der Waals surface area contributed by atoms with E-state index in [4.69, 9.17) is 4.52 Å². The fraction of sp³-hybridized carbons (Fsp3) is 0.125. The van der Waals surface area contributed by atoms with Crippen LogP contribution in [0.15, 0.2) is 58.0 Å². The molecule has 0 bridgehead atoms. The first-order chi connectivity index (χ1) is 11.9. The van der Waals surface area contributed by atoms with Gasteiger partial charge in [-0.05, 0) is 30.5 Å². The fourth-order valence-corrected chi connectivity index (χ4v) is 3.37. The van der Waals surface area contributed by atoms with Crippen LogP contribution < -0.4 is 0 Å². The van der Waals surface area contributed by atoms with Crippen molar-refractivity contribution < 1.29 is 22.7 Å². The topological polar surface area (TPSA) is 120 Å². The van der Waals surface area contributed by atoms with Gasteiger partial charge in [-0.25, -0.2) is 8.42 Å². The number of carbonyl (C=O) groups excluding carboxylic acids is 1. The Kier molecular flexibility index (Phi) is 4.32. The zero-order valence-corrected chi connectivity index (χ0v) is 13.6. The summed E-state index contributed by atoms with van der Waals surface area (Å²) in [4.78, 5) is 21.9. The Morgan fingerprint density at radius 1 is 1.20 bits per heavy atom. The second kappa shape index (κ2) is 6.44. The highest BCUT2D eigenvalue weighted by Crippen LogP contribution is 2.24. The first kappa shape index (κ1) is 16.8. The summed E-state index contributed by atoms with van der Waals surface area (Å²) in [5.41, 5.74) is 0.851. The molecule has 1 aliphatic carbocycles. The summed E-state index contributed by atoms with van der Waals surface area (Å²) in [6.45, 7) is 0. The number of non-ortho nitro benzene ring substituents is 1. The normalized spacial score (nSPS) is 14.2. The third kappa shape index (κ3) is 3.26. The van der Waals surface area contributed by atoms with Crippen molar-refractivity contribution in [2.24, 2.45) is 0 Å². The summed E-state index contributed by atoms with van der Waals surface area (Å²) in [7, 11) is -4.38. The molecule has 1 aromatic carbocycles. The summed E-state index contributed by atoms with van der Waals surface area (Å²) in [5.74, 6) is -0.409. The van der Waals surface area contributed by atoms with E-state index in [1.54, 1.807) is 0 Å². The van der Waals surface area contributed by atoms with Crippen molar-refractivity contribution in [2.75, 3.05) is 0 Å². The minimum atomic E-state index is -4.38. The van der Waals surface area contributed by atoms with Gasteiger partial charge in [-0.15, -0.1) is 0 Å². The van der Waals surface area contributed by atoms with Gasteiger partial charge < -0.3 is 4.52 Å². The van der Waals surface area contributed by atoms with Crippen LogP contribution in [0.2, 0.25) is 0 Å². The van der Waals surface area contributed by atoms with Crippen LogP contribution in [0.3, 0.4) is 0 Å². The molecule has 0 unspecified atom stereocenters. The van der Waals surface area contributed by atoms with Gasteiger partial charge >= 0.3 is 5.12 Å². The summed E-state index contributed by atoms with van der Waals surface area (Å²) >= 11 is 0. The Balaban J connectivity index is 1.89. The van der Waals surface area contributed by atoms with Gasteiger partial charge in [0.15, 0.2) is 0 Å². The summed E-state index contributed by atoms with van der Waals surface area (Å²) in [6, 6.07) is 5.32. The largest absolute Gasteiger partial charge is 0.351 e. The quantitative estimate of drug-likeness (QED) is 0.607. The van der Waals surface area contributed by atoms with Crippen molar-refractivity contribution in [1.82, 2.24) is 5.16 Å². The van der Waals surface area contributed by atoms with Gasteiger partial charge in [-0.3, -0.25) is 14.9 Å². The van der Waals surface area contributed by atoms with E-state index < -0.39 is 25.6 Å². The fourth-order valence-electron chi connectivity index (χ4n) is 2.30. The van der Waals surface area contributed by atoms with E-state index in [1.165, 1.54) is 6.07 Å². The number of nitrogens with zero attached hydrogens (tertiary/aromatic N) is 2. The van der Waals surface area contributed by atoms with Crippen molar-refractivity contribution in [3.8, 4) is 0 Å². The number of sulfone groups is 1. The van der Waals surface area contributed by atoms with Gasteiger partial charge in [0.1, 0.15) is 5.69 Å². The smallest absolute Gasteiger partial charge is 0.319 e. The summed E-state index contributed by atoms with van der Waals surface area (Å²) < 4.78 is 29.6. The molecule has 0 atom stereocenters. The van der Waals surface area contributed by atoms with E-state index in [0.717, 1.165) is 42.7 Å². The van der Waals surface area contributed by atoms with Gasteiger partial charge in [0.2, 0.25) is 15.6 Å². The molecular formula is C16H12N2O6S. The molecule has 0 radical (unpaired) electrons. The van der Waals surface area contributed by atoms with Gasteiger partial charge in [0.05, 0.1) is 9.82 Å². The summed E-state index contributed by atoms with van der Waals surface area (Å²) in [6.07, 6.45) is 7.40. The van der Waals surface area contributed by atoms with Crippen LogP contribution in [0.5, 0.6) is 0 Å². The zero-order chi connectivity index (χ0) is 18.0. The molecule has 0 saturated heterocycles. The maximum atomic E-state index is 12.4. The first-order valence-electron chi connectivity index (χ1n) is 7.27. The molecule has 0 N–H and O–H groups in total. The lowest BCUT2D eigenvalue weighted by Gasteiger charge is -2.01. The predicted molar refractivity (Wildman–Crippen MR) is 87.5 cm³/mol. The Morgan fingerprint density at radius 3 is 2.52 bits per heavy atom. The van der Waals surface area contributed by atoms with Crippen LogP contribution in [0.25, 0.3) is 5.57 Å². The molecule has 1 aromatic heterocycles. The highest BCUT2D eigenvalue weighted by atomic mass is 32.2. The molecular weight excluding hydrogens is 348 g/mol. The first-order valence-corrected chi connectivity index (χ1v) is 8.75. The highest BCUT2D eigenvalue weighted by Gasteiger charge is 2.30. The average Bonchev–Trinajstić information content (AvgIpc) is 3.12. The molecule has 8 nitrogen and oxygen atoms in total. The molecule has 0 fully saturated rings. The van der Waals surface area contributed by atoms with Crippen molar-refractivity contribution >= 4 is 26.2 Å². The van der Waals surface area contributed by atoms with E-state index in [2.05, 4.69) is 5.16 Å². The highest BCUT2D eigenvalue weighted by molar-refractivity contribution is 8.06. The summed E-state index contributed by atoms with van der Waals surface area (Å²) in [5, 5.41) is 13.1. The predicted octanol–water partition coefficient (Wildman–Crippen LogP) is 2.93. The lowest BCUT2D eigenvalue weighted by atomic mass is 10.0. The van der Waals surface area contributed by atoms with Crippen LogP contribution in [-0.2, 0) is 9.84 Å². The third-order valence-electron chi connectivity index (χ3n) is 3.60. The van der Waals surface area contributed by atoms with Gasteiger partial charge in [0.25, 0.3) is 5.69 Å². The minimum absolute atomic E-state index is 0.274. The van der Waals surface area contributed by atoms with E-state index in [-0.39, 0.29) is 10.6 Å². The Morgan fingerprint density at radius 2 is 1.92 bits per heavy atom. The van der Waals surface area contributed by atoms with Crippen molar-refractivity contribution in [3.05, 3.63) is 70.1 Å². The Labute approximate surface area is 142 Å². The minimum Gasteiger partial charge on any atom is -0.351 e. The lowest BCUT2D eigenvalue weighted by molar-refractivity contribution is -0.384. The second-order valence-corrected chi connectivity index (χ2v) is 7.11. The van der Waals surface area contributed by atoms with Gasteiger partial charge in [-0.2, -0.15) is 0 Å². The van der Waals surface area contributed by atoms with Crippen molar-refractivity contribution in [3.63, 3.8) is 0 Å². The molecule has 1 heterocycles. The van der Waals surface area contributed by atoms with Crippen LogP contribution >= 0.6 is 0 Å². The van der Waals surface area contributed by atoms with Gasteiger partial charge in [0, 0.05) is 18.2 Å². The number of hydrogen-bond acceptors (Lipinski definition) is 7. The van der Waals surface area contributed by atoms with E-state index >= 15 is 0 Å². The number of nitro groups is 1. The second-order valence-electron chi connectivity index (χ2n) is 5.26. The Hall–Kier alpha value is -3.07. The van der Waals surface area contributed by atoms with E-state index in [9.17, 15) is 23.3 Å². The number of allylic oxidation sites excluding steroid dienone is 4. The number of hydrogen-bond donors (Lipinski definition) is 0. The molecule has 2 aromatic rings. The average molecular weight is 360 g/mol. The number of benzene rings is 1. The number of aromatic nitrogens is 1. The van der Waals surface area contributed by atoms with Crippen molar-refractivity contribution in [2.45, 2.75) is 17.7 Å². The lowest BCUT2D eigenvalue weighted by Crippen LogP contribution is -2.14. The molecule has 9 heteroatoms. The molecule has 25 heavy (non-hydrogen) atoms. The molecule has 3 rings (SSSR count). The van der Waals surface area contributed by atoms with E-state index in [0.29, 0.717) is 5.69 Å². The Bertz CT molecular complexity index is 1000. The molecule has 128 valence electrons. The van der Waals surface area contributed by atoms with E-state index in [1.807, 2.05) is 18.2 Å². The SMILES string of the molecule is O=C(c1cc(C2=CCCC=C2)no1)S(=O)(=O)c1ccc([N+](=O)[O-])cc1. The van der Waals surface area contributed by atoms with Gasteiger partial charge in [-0.1, -0.05) is 23.4 Å². The zero-order valence-electron chi connectivity index (χ0n) is 12.8. The van der Waals surface area contributed by atoms with Crippen LogP contribution in [-0.4, -0.2) is 23.6 Å². The van der Waals surface area contributed by atoms with Crippen LogP contribution in [0.4, 0.5) is 5.69 Å². The number of carbonyl (C=O) groups is 1. The molecule has 1 aliphatic rings. The molecule has 0 aliphatic heterocycles.